The van der Waals surface area contributed by atoms with E-state index in [9.17, 15) is 4.79 Å². The number of carboxylic acid groups (broad SMARTS) is 1. The van der Waals surface area contributed by atoms with E-state index in [2.05, 4.69) is 0 Å². The first-order valence-corrected chi connectivity index (χ1v) is 4.06. The van der Waals surface area contributed by atoms with Crippen LogP contribution in [-0.4, -0.2) is 11.1 Å². The number of nitriles is 1. The second-order valence-electron chi connectivity index (χ2n) is 2.80. The molecule has 0 heterocycles. The molecule has 0 amide bonds. The number of aryl methyl sites for hydroxylation is 1. The summed E-state index contributed by atoms with van der Waals surface area (Å²) in [6, 6.07) is 6.85. The Morgan fingerprint density at radius 1 is 1.57 bits per heavy atom. The summed E-state index contributed by atoms with van der Waals surface area (Å²) in [5.74, 6) is -0.980. The Morgan fingerprint density at radius 2 is 2.29 bits per heavy atom. The summed E-state index contributed by atoms with van der Waals surface area (Å²) in [7, 11) is 0. The number of hydrogen-bond acceptors (Lipinski definition) is 2. The average Bonchev–Trinajstić information content (AvgIpc) is 2.15. The van der Waals surface area contributed by atoms with Crippen molar-refractivity contribution in [3.63, 3.8) is 0 Å². The highest BCUT2D eigenvalue weighted by molar-refractivity contribution is 5.92. The van der Waals surface area contributed by atoms with Gasteiger partial charge in [0.1, 0.15) is 0 Å². The van der Waals surface area contributed by atoms with Gasteiger partial charge in [0, 0.05) is 6.08 Å². The van der Waals surface area contributed by atoms with Crippen molar-refractivity contribution in [1.29, 1.82) is 5.26 Å². The molecule has 0 aliphatic carbocycles. The molecule has 0 unspecified atom stereocenters. The third-order valence-electron chi connectivity index (χ3n) is 1.88. The molecule has 1 aromatic rings. The average molecular weight is 187 g/mol. The van der Waals surface area contributed by atoms with Crippen LogP contribution in [0.15, 0.2) is 24.3 Å². The van der Waals surface area contributed by atoms with E-state index in [1.165, 1.54) is 18.2 Å². The number of benzene rings is 1. The Labute approximate surface area is 81.9 Å². The molecule has 0 spiro atoms. The molecular weight excluding hydrogens is 178 g/mol. The lowest BCUT2D eigenvalue weighted by Crippen LogP contribution is -2.00. The summed E-state index contributed by atoms with van der Waals surface area (Å²) in [4.78, 5) is 10.8. The first-order valence-electron chi connectivity index (χ1n) is 4.06. The molecule has 0 bridgehead atoms. The Hall–Kier alpha value is -2.08. The number of carbonyl (C=O) groups is 1. The molecule has 3 nitrogen and oxygen atoms in total. The van der Waals surface area contributed by atoms with Crippen LogP contribution in [0, 0.1) is 18.3 Å². The SMILES string of the molecule is Cc1cccc(C(=O)O)c1/C=C/C#N. The molecule has 0 fully saturated rings. The fraction of sp³-hybridized carbons (Fsp3) is 0.0909. The molecule has 0 saturated carbocycles. The van der Waals surface area contributed by atoms with Gasteiger partial charge in [-0.15, -0.1) is 0 Å². The fourth-order valence-corrected chi connectivity index (χ4v) is 1.21. The number of allylic oxidation sites excluding steroid dienone is 1. The van der Waals surface area contributed by atoms with Crippen molar-refractivity contribution in [2.45, 2.75) is 6.92 Å². The van der Waals surface area contributed by atoms with E-state index in [4.69, 9.17) is 10.4 Å². The van der Waals surface area contributed by atoms with Gasteiger partial charge in [0.25, 0.3) is 0 Å². The van der Waals surface area contributed by atoms with Crippen molar-refractivity contribution in [3.05, 3.63) is 41.0 Å². The number of nitrogens with zero attached hydrogens (tertiary/aromatic N) is 1. The molecule has 70 valence electrons. The van der Waals surface area contributed by atoms with Crippen LogP contribution in [0.2, 0.25) is 0 Å². The predicted molar refractivity (Wildman–Crippen MR) is 52.8 cm³/mol. The Bertz CT molecular complexity index is 427. The van der Waals surface area contributed by atoms with Gasteiger partial charge in [-0.2, -0.15) is 5.26 Å². The molecule has 0 aliphatic heterocycles. The highest BCUT2D eigenvalue weighted by Crippen LogP contribution is 2.15. The van der Waals surface area contributed by atoms with Gasteiger partial charge in [-0.3, -0.25) is 0 Å². The van der Waals surface area contributed by atoms with Crippen LogP contribution in [0.25, 0.3) is 6.08 Å². The predicted octanol–water partition coefficient (Wildman–Crippen LogP) is 2.23. The normalized spacial score (nSPS) is 10.0. The highest BCUT2D eigenvalue weighted by atomic mass is 16.4. The molecule has 0 aliphatic rings. The first kappa shape index (κ1) is 10.0. The van der Waals surface area contributed by atoms with Gasteiger partial charge < -0.3 is 5.11 Å². The van der Waals surface area contributed by atoms with Crippen LogP contribution >= 0.6 is 0 Å². The van der Waals surface area contributed by atoms with Gasteiger partial charge >= 0.3 is 5.97 Å². The van der Waals surface area contributed by atoms with Crippen molar-refractivity contribution in [2.75, 3.05) is 0 Å². The minimum Gasteiger partial charge on any atom is -0.478 e. The molecule has 3 heteroatoms. The van der Waals surface area contributed by atoms with Crippen molar-refractivity contribution >= 4 is 12.0 Å². The standard InChI is InChI=1S/C11H9NO2/c1-8-4-2-5-10(11(13)14)9(8)6-3-7-12/h2-6H,1H3,(H,13,14)/b6-3+. The maximum Gasteiger partial charge on any atom is 0.336 e. The zero-order valence-electron chi connectivity index (χ0n) is 7.69. The smallest absolute Gasteiger partial charge is 0.336 e. The summed E-state index contributed by atoms with van der Waals surface area (Å²) >= 11 is 0. The molecule has 0 saturated heterocycles. The van der Waals surface area contributed by atoms with E-state index in [0.717, 1.165) is 5.56 Å². The zero-order chi connectivity index (χ0) is 10.6. The van der Waals surface area contributed by atoms with Crippen LogP contribution in [0.4, 0.5) is 0 Å². The summed E-state index contributed by atoms with van der Waals surface area (Å²) in [6.07, 6.45) is 2.79. The van der Waals surface area contributed by atoms with E-state index in [0.29, 0.717) is 5.56 Å². The lowest BCUT2D eigenvalue weighted by molar-refractivity contribution is 0.0696. The third-order valence-corrected chi connectivity index (χ3v) is 1.88. The number of aromatic carboxylic acids is 1. The Morgan fingerprint density at radius 3 is 2.86 bits per heavy atom. The van der Waals surface area contributed by atoms with Crippen LogP contribution in [0.5, 0.6) is 0 Å². The molecule has 1 aromatic carbocycles. The van der Waals surface area contributed by atoms with Crippen LogP contribution in [0.3, 0.4) is 0 Å². The topological polar surface area (TPSA) is 61.1 Å². The van der Waals surface area contributed by atoms with Crippen LogP contribution in [0.1, 0.15) is 21.5 Å². The minimum absolute atomic E-state index is 0.219. The first-order chi connectivity index (χ1) is 6.66. The van der Waals surface area contributed by atoms with Gasteiger partial charge in [-0.25, -0.2) is 4.79 Å². The monoisotopic (exact) mass is 187 g/mol. The second-order valence-corrected chi connectivity index (χ2v) is 2.80. The van der Waals surface area contributed by atoms with E-state index < -0.39 is 5.97 Å². The minimum atomic E-state index is -0.980. The van der Waals surface area contributed by atoms with E-state index in [1.54, 1.807) is 6.07 Å². The van der Waals surface area contributed by atoms with Crippen molar-refractivity contribution in [3.8, 4) is 6.07 Å². The summed E-state index contributed by atoms with van der Waals surface area (Å²) < 4.78 is 0. The maximum atomic E-state index is 10.8. The zero-order valence-corrected chi connectivity index (χ0v) is 7.69. The summed E-state index contributed by atoms with van der Waals surface area (Å²) in [5.41, 5.74) is 1.65. The van der Waals surface area contributed by atoms with Gasteiger partial charge in [0.05, 0.1) is 11.6 Å². The van der Waals surface area contributed by atoms with Crippen molar-refractivity contribution in [2.24, 2.45) is 0 Å². The molecule has 14 heavy (non-hydrogen) atoms. The van der Waals surface area contributed by atoms with Gasteiger partial charge in [0.2, 0.25) is 0 Å². The van der Waals surface area contributed by atoms with Crippen LogP contribution in [-0.2, 0) is 0 Å². The second kappa shape index (κ2) is 4.24. The lowest BCUT2D eigenvalue weighted by Gasteiger charge is -2.03. The number of hydrogen-bond donors (Lipinski definition) is 1. The highest BCUT2D eigenvalue weighted by Gasteiger charge is 2.08. The maximum absolute atomic E-state index is 10.8. The quantitative estimate of drug-likeness (QED) is 0.722. The summed E-state index contributed by atoms with van der Waals surface area (Å²) in [6.45, 7) is 1.81. The number of rotatable bonds is 2. The molecule has 0 atom stereocenters. The molecule has 1 rings (SSSR count). The Balaban J connectivity index is 3.31. The molecule has 0 aromatic heterocycles. The fourth-order valence-electron chi connectivity index (χ4n) is 1.21. The molecule has 0 radical (unpaired) electrons. The van der Waals surface area contributed by atoms with E-state index in [1.807, 2.05) is 19.1 Å². The van der Waals surface area contributed by atoms with E-state index in [-0.39, 0.29) is 5.56 Å². The number of carboxylic acids is 1. The van der Waals surface area contributed by atoms with Gasteiger partial charge in [0.15, 0.2) is 0 Å². The molecule has 1 N–H and O–H groups in total. The lowest BCUT2D eigenvalue weighted by atomic mass is 10.0. The molecular formula is C11H9NO2. The summed E-state index contributed by atoms with van der Waals surface area (Å²) in [5, 5.41) is 17.2. The van der Waals surface area contributed by atoms with Crippen LogP contribution < -0.4 is 0 Å². The van der Waals surface area contributed by atoms with E-state index >= 15 is 0 Å². The van der Waals surface area contributed by atoms with Gasteiger partial charge in [-0.05, 0) is 30.2 Å². The van der Waals surface area contributed by atoms with Gasteiger partial charge in [-0.1, -0.05) is 12.1 Å². The van der Waals surface area contributed by atoms with Crippen molar-refractivity contribution in [1.82, 2.24) is 0 Å². The van der Waals surface area contributed by atoms with Crippen molar-refractivity contribution < 1.29 is 9.90 Å². The Kier molecular flexibility index (Phi) is 3.03. The third kappa shape index (κ3) is 1.99. The largest absolute Gasteiger partial charge is 0.478 e.